The molecule has 0 aliphatic rings. The third-order valence-corrected chi connectivity index (χ3v) is 15.1. The zero-order valence-electron chi connectivity index (χ0n) is 46.5. The minimum atomic E-state index is -1.04. The highest BCUT2D eigenvalue weighted by Crippen LogP contribution is 2.23. The number of benzene rings is 1. The highest BCUT2D eigenvalue weighted by molar-refractivity contribution is 7.99. The number of aromatic amines is 1. The molecule has 0 fully saturated rings. The zero-order chi connectivity index (χ0) is 54.3. The third kappa shape index (κ3) is 28.5. The maximum Gasteiger partial charge on any atom is 0.326 e. The van der Waals surface area contributed by atoms with Crippen molar-refractivity contribution in [3.63, 3.8) is 0 Å². The maximum absolute atomic E-state index is 13.3. The standard InChI is InChI=1S/C59H99N7O8S/c1-4-7-10-12-14-16-18-20-22-24-26-28-30-32-54(69)73-43-49(74-55(70)33-31-29-27-25-23-21-19-17-15-13-11-8-5-2)44-75-45-50(60)52(68)39-47(42-67)58(71)63-48-36-34-46(35-37-48)41-66-51-40-53(62-38-9-6-3)64-57(61)56(51)65-59(66)72/h34-37,40,47,49-50,67H,4-33,38-39,41-45,60H2,1-3H3,(H,63,71)(H,65,72)(H3,61,62,64)/t47-,49?,50-/m0/s1. The number of hydrogen-bond donors (Lipinski definition) is 6. The molecule has 3 aromatic rings. The van der Waals surface area contributed by atoms with Crippen LogP contribution in [0, 0.1) is 5.92 Å². The second kappa shape index (κ2) is 40.8. The first kappa shape index (κ1) is 64.9. The van der Waals surface area contributed by atoms with Gasteiger partial charge in [0.1, 0.15) is 24.0 Å². The van der Waals surface area contributed by atoms with Crippen molar-refractivity contribution in [2.24, 2.45) is 11.7 Å². The SMILES string of the molecule is CCCCCCCCCCCCCCCC(=O)OCC(CSC[C@H](N)C(=O)C[C@@H](CO)C(=O)Nc1ccc(Cn2c(=O)[nH]c3c(N)nc(NCCCC)cc32)cc1)OC(=O)CCCCCCCCCCCCCCC. The van der Waals surface area contributed by atoms with Crippen molar-refractivity contribution in [1.29, 1.82) is 0 Å². The van der Waals surface area contributed by atoms with Gasteiger partial charge in [0.05, 0.1) is 30.6 Å². The average molecular weight is 1070 g/mol. The first-order valence-corrected chi connectivity index (χ1v) is 30.5. The van der Waals surface area contributed by atoms with E-state index in [-0.39, 0.29) is 60.9 Å². The third-order valence-electron chi connectivity index (χ3n) is 13.9. The summed E-state index contributed by atoms with van der Waals surface area (Å²) in [4.78, 5) is 72.5. The molecule has 0 spiro atoms. The summed E-state index contributed by atoms with van der Waals surface area (Å²) in [5.41, 5.74) is 14.5. The van der Waals surface area contributed by atoms with Crippen LogP contribution in [0.1, 0.15) is 225 Å². The number of nitrogens with one attached hydrogen (secondary N) is 3. The van der Waals surface area contributed by atoms with Crippen LogP contribution in [0.2, 0.25) is 0 Å². The Morgan fingerprint density at radius 2 is 1.21 bits per heavy atom. The topological polar surface area (TPSA) is 234 Å². The number of H-pyrrole nitrogens is 1. The number of aliphatic hydroxyl groups is 1. The molecule has 0 aliphatic heterocycles. The zero-order valence-corrected chi connectivity index (χ0v) is 47.4. The summed E-state index contributed by atoms with van der Waals surface area (Å²) >= 11 is 1.32. The molecule has 1 aromatic carbocycles. The molecule has 16 heteroatoms. The summed E-state index contributed by atoms with van der Waals surface area (Å²) in [6.45, 7) is 6.93. The Kier molecular flexibility index (Phi) is 35.3. The molecule has 0 radical (unpaired) electrons. The van der Waals surface area contributed by atoms with Crippen LogP contribution in [0.3, 0.4) is 0 Å². The molecule has 2 heterocycles. The molecule has 0 bridgehead atoms. The number of imidazole rings is 1. The molecule has 424 valence electrons. The van der Waals surface area contributed by atoms with Gasteiger partial charge in [-0.25, -0.2) is 9.78 Å². The molecule has 75 heavy (non-hydrogen) atoms. The van der Waals surface area contributed by atoms with Crippen LogP contribution in [-0.4, -0.2) is 86.7 Å². The van der Waals surface area contributed by atoms with Crippen LogP contribution < -0.4 is 27.8 Å². The predicted molar refractivity (Wildman–Crippen MR) is 309 cm³/mol. The summed E-state index contributed by atoms with van der Waals surface area (Å²) in [7, 11) is 0. The summed E-state index contributed by atoms with van der Waals surface area (Å²) in [5.74, 6) is -1.35. The molecular weight excluding hydrogens is 967 g/mol. The normalized spacial score (nSPS) is 12.7. The van der Waals surface area contributed by atoms with Gasteiger partial charge in [0.25, 0.3) is 0 Å². The number of aromatic nitrogens is 3. The lowest BCUT2D eigenvalue weighted by Gasteiger charge is -2.20. The number of aliphatic hydroxyl groups excluding tert-OH is 1. The van der Waals surface area contributed by atoms with Crippen molar-refractivity contribution in [1.82, 2.24) is 14.5 Å². The smallest absolute Gasteiger partial charge is 0.326 e. The molecule has 1 amide bonds. The maximum atomic E-state index is 13.3. The average Bonchev–Trinajstić information content (AvgIpc) is 3.71. The number of amides is 1. The molecule has 2 aromatic heterocycles. The molecule has 3 rings (SSSR count). The van der Waals surface area contributed by atoms with Crippen LogP contribution in [0.5, 0.6) is 0 Å². The van der Waals surface area contributed by atoms with E-state index in [1.807, 2.05) is 0 Å². The molecule has 15 nitrogen and oxygen atoms in total. The number of nitrogens with zero attached hydrogens (tertiary/aromatic N) is 2. The van der Waals surface area contributed by atoms with Crippen LogP contribution in [0.4, 0.5) is 17.3 Å². The van der Waals surface area contributed by atoms with Crippen molar-refractivity contribution < 1.29 is 33.8 Å². The lowest BCUT2D eigenvalue weighted by molar-refractivity contribution is -0.157. The van der Waals surface area contributed by atoms with E-state index in [1.165, 1.54) is 140 Å². The van der Waals surface area contributed by atoms with E-state index < -0.39 is 36.4 Å². The van der Waals surface area contributed by atoms with E-state index in [0.29, 0.717) is 29.0 Å². The number of esters is 2. The van der Waals surface area contributed by atoms with Crippen LogP contribution in [0.15, 0.2) is 35.1 Å². The van der Waals surface area contributed by atoms with Gasteiger partial charge in [-0.3, -0.25) is 23.7 Å². The summed E-state index contributed by atoms with van der Waals surface area (Å²) in [6.07, 6.45) is 33.2. The first-order valence-electron chi connectivity index (χ1n) is 29.3. The fraction of sp³-hybridized carbons (Fsp3) is 0.729. The number of nitrogen functional groups attached to an aromatic ring is 1. The van der Waals surface area contributed by atoms with Crippen molar-refractivity contribution >= 4 is 63.7 Å². The predicted octanol–water partition coefficient (Wildman–Crippen LogP) is 12.6. The molecule has 1 unspecified atom stereocenters. The van der Waals surface area contributed by atoms with E-state index in [0.717, 1.165) is 63.5 Å². The van der Waals surface area contributed by atoms with Gasteiger partial charge < -0.3 is 41.7 Å². The monoisotopic (exact) mass is 1070 g/mol. The van der Waals surface area contributed by atoms with Gasteiger partial charge >= 0.3 is 17.6 Å². The molecule has 0 saturated heterocycles. The van der Waals surface area contributed by atoms with Gasteiger partial charge in [-0.2, -0.15) is 11.8 Å². The Hall–Kier alpha value is -4.41. The fourth-order valence-corrected chi connectivity index (χ4v) is 10.2. The molecule has 0 saturated carbocycles. The van der Waals surface area contributed by atoms with E-state index in [1.54, 1.807) is 34.9 Å². The number of Topliss-reactive ketones (excluding diaryl/α,β-unsaturated/α-hetero) is 1. The number of nitrogens with two attached hydrogens (primary N) is 2. The number of ether oxygens (including phenoxy) is 2. The van der Waals surface area contributed by atoms with Crippen molar-refractivity contribution in [2.75, 3.05) is 47.6 Å². The van der Waals surface area contributed by atoms with E-state index in [2.05, 4.69) is 41.4 Å². The van der Waals surface area contributed by atoms with Gasteiger partial charge in [-0.05, 0) is 37.0 Å². The largest absolute Gasteiger partial charge is 0.462 e. The fourth-order valence-electron chi connectivity index (χ4n) is 9.18. The molecule has 8 N–H and O–H groups in total. The van der Waals surface area contributed by atoms with E-state index in [9.17, 15) is 29.1 Å². The molecule has 3 atom stereocenters. The number of hydrogen-bond acceptors (Lipinski definition) is 13. The second-order valence-corrected chi connectivity index (χ2v) is 21.8. The summed E-state index contributed by atoms with van der Waals surface area (Å²) in [5, 5.41) is 16.2. The van der Waals surface area contributed by atoms with Crippen LogP contribution in [-0.2, 0) is 35.2 Å². The van der Waals surface area contributed by atoms with Gasteiger partial charge in [0.2, 0.25) is 5.91 Å². The lowest BCUT2D eigenvalue weighted by Crippen LogP contribution is -2.38. The van der Waals surface area contributed by atoms with Gasteiger partial charge in [-0.1, -0.05) is 193 Å². The Labute approximate surface area is 454 Å². The van der Waals surface area contributed by atoms with Crippen molar-refractivity contribution in [3.05, 3.63) is 46.4 Å². The van der Waals surface area contributed by atoms with Gasteiger partial charge in [0, 0.05) is 49.1 Å². The Morgan fingerprint density at radius 1 is 0.707 bits per heavy atom. The minimum Gasteiger partial charge on any atom is -0.462 e. The number of anilines is 3. The van der Waals surface area contributed by atoms with Crippen LogP contribution >= 0.6 is 11.8 Å². The van der Waals surface area contributed by atoms with Crippen LogP contribution in [0.25, 0.3) is 11.0 Å². The molecular formula is C59H99N7O8S. The van der Waals surface area contributed by atoms with E-state index >= 15 is 0 Å². The first-order chi connectivity index (χ1) is 36.5. The Bertz CT molecular complexity index is 2080. The lowest BCUT2D eigenvalue weighted by atomic mass is 9.99. The number of carbonyl (C=O) groups excluding carboxylic acids is 4. The number of ketones is 1. The van der Waals surface area contributed by atoms with Gasteiger partial charge in [-0.15, -0.1) is 0 Å². The summed E-state index contributed by atoms with van der Waals surface area (Å²) in [6, 6.07) is 7.80. The number of fused-ring (bicyclic) bond motifs is 1. The van der Waals surface area contributed by atoms with Crippen molar-refractivity contribution in [2.45, 2.75) is 239 Å². The quantitative estimate of drug-likeness (QED) is 0.0228. The summed E-state index contributed by atoms with van der Waals surface area (Å²) < 4.78 is 13.1. The highest BCUT2D eigenvalue weighted by atomic mass is 32.2. The van der Waals surface area contributed by atoms with Gasteiger partial charge in [0.15, 0.2) is 11.6 Å². The number of rotatable bonds is 47. The Balaban J connectivity index is 1.44. The Morgan fingerprint density at radius 3 is 1.73 bits per heavy atom. The molecule has 0 aliphatic carbocycles. The number of unbranched alkanes of at least 4 members (excludes halogenated alkanes) is 25. The second-order valence-electron chi connectivity index (χ2n) is 20.7. The van der Waals surface area contributed by atoms with Crippen molar-refractivity contribution in [3.8, 4) is 0 Å². The minimum absolute atomic E-state index is 0.0717. The number of thioether (sulfide) groups is 1. The van der Waals surface area contributed by atoms with E-state index in [4.69, 9.17) is 20.9 Å². The number of carbonyl (C=O) groups is 4. The number of pyridine rings is 1. The highest BCUT2D eigenvalue weighted by Gasteiger charge is 2.26.